The van der Waals surface area contributed by atoms with Crippen LogP contribution in [0.1, 0.15) is 25.1 Å². The van der Waals surface area contributed by atoms with Crippen molar-refractivity contribution in [2.75, 3.05) is 0 Å². The van der Waals surface area contributed by atoms with Crippen molar-refractivity contribution in [1.29, 1.82) is 0 Å². The molecule has 2 N–H and O–H groups in total. The molecule has 144 valence electrons. The molecule has 0 spiro atoms. The van der Waals surface area contributed by atoms with Crippen LogP contribution in [0.3, 0.4) is 0 Å². The van der Waals surface area contributed by atoms with Crippen LogP contribution in [0.2, 0.25) is 0 Å². The van der Waals surface area contributed by atoms with E-state index in [9.17, 15) is 9.59 Å². The van der Waals surface area contributed by atoms with Crippen LogP contribution < -0.4 is 10.6 Å². The van der Waals surface area contributed by atoms with Gasteiger partial charge in [-0.05, 0) is 34.4 Å². The van der Waals surface area contributed by atoms with Crippen LogP contribution in [0.15, 0.2) is 66.9 Å². The molecule has 2 amide bonds. The van der Waals surface area contributed by atoms with Gasteiger partial charge in [0.05, 0.1) is 18.7 Å². The monoisotopic (exact) mass is 375 g/mol. The highest BCUT2D eigenvalue weighted by molar-refractivity contribution is 5.92. The Kier molecular flexibility index (Phi) is 6.37. The quantitative estimate of drug-likeness (QED) is 0.666. The highest BCUT2D eigenvalue weighted by atomic mass is 16.2. The van der Waals surface area contributed by atoms with Gasteiger partial charge < -0.3 is 10.6 Å². The Morgan fingerprint density at radius 1 is 0.964 bits per heavy atom. The Morgan fingerprint density at radius 3 is 2.46 bits per heavy atom. The van der Waals surface area contributed by atoms with Crippen molar-refractivity contribution >= 4 is 22.6 Å². The van der Waals surface area contributed by atoms with Crippen molar-refractivity contribution in [3.63, 3.8) is 0 Å². The van der Waals surface area contributed by atoms with Gasteiger partial charge in [0.2, 0.25) is 11.8 Å². The van der Waals surface area contributed by atoms with E-state index >= 15 is 0 Å². The molecule has 0 aliphatic heterocycles. The Labute approximate surface area is 165 Å². The minimum atomic E-state index is -0.591. The summed E-state index contributed by atoms with van der Waals surface area (Å²) in [4.78, 5) is 29.4. The average Bonchev–Trinajstić information content (AvgIpc) is 2.71. The molecule has 5 heteroatoms. The van der Waals surface area contributed by atoms with Gasteiger partial charge in [-0.2, -0.15) is 0 Å². The number of amides is 2. The zero-order valence-corrected chi connectivity index (χ0v) is 16.2. The first-order valence-corrected chi connectivity index (χ1v) is 9.48. The lowest BCUT2D eigenvalue weighted by Gasteiger charge is -2.22. The number of hydrogen-bond donors (Lipinski definition) is 2. The molecule has 3 aromatic rings. The zero-order chi connectivity index (χ0) is 19.9. The summed E-state index contributed by atoms with van der Waals surface area (Å²) in [7, 11) is 0. The highest BCUT2D eigenvalue weighted by Crippen LogP contribution is 2.19. The van der Waals surface area contributed by atoms with Crippen LogP contribution in [0.25, 0.3) is 10.8 Å². The van der Waals surface area contributed by atoms with Crippen molar-refractivity contribution in [2.24, 2.45) is 5.92 Å². The molecule has 0 radical (unpaired) electrons. The fraction of sp³-hybridized carbons (Fsp3) is 0.261. The zero-order valence-electron chi connectivity index (χ0n) is 16.2. The number of nitrogens with zero attached hydrogens (tertiary/aromatic N) is 1. The number of carbonyl (C=O) groups excluding carboxylic acids is 2. The van der Waals surface area contributed by atoms with Crippen molar-refractivity contribution in [1.82, 2.24) is 15.6 Å². The maximum atomic E-state index is 12.6. The lowest BCUT2D eigenvalue weighted by molar-refractivity contribution is -0.129. The van der Waals surface area contributed by atoms with Gasteiger partial charge >= 0.3 is 0 Å². The third kappa shape index (κ3) is 4.94. The second-order valence-electron chi connectivity index (χ2n) is 7.14. The predicted molar refractivity (Wildman–Crippen MR) is 111 cm³/mol. The van der Waals surface area contributed by atoms with E-state index < -0.39 is 6.04 Å². The van der Waals surface area contributed by atoms with Gasteiger partial charge in [-0.15, -0.1) is 0 Å². The molecule has 3 rings (SSSR count). The van der Waals surface area contributed by atoms with Gasteiger partial charge in [-0.3, -0.25) is 14.6 Å². The molecule has 0 saturated heterocycles. The van der Waals surface area contributed by atoms with Crippen LogP contribution in [-0.2, 0) is 22.6 Å². The lowest BCUT2D eigenvalue weighted by atomic mass is 10.0. The van der Waals surface area contributed by atoms with Crippen LogP contribution in [-0.4, -0.2) is 22.8 Å². The average molecular weight is 375 g/mol. The second-order valence-corrected chi connectivity index (χ2v) is 7.14. The minimum Gasteiger partial charge on any atom is -0.349 e. The van der Waals surface area contributed by atoms with E-state index in [4.69, 9.17) is 0 Å². The summed E-state index contributed by atoms with van der Waals surface area (Å²) in [6, 6.07) is 18.9. The summed E-state index contributed by atoms with van der Waals surface area (Å²) in [5.41, 5.74) is 1.73. The SMILES string of the molecule is CC(C)[C@H](NC(=O)Cc1cccc2ccccc12)C(=O)NCc1ccccn1. The molecular weight excluding hydrogens is 350 g/mol. The predicted octanol–water partition coefficient (Wildman–Crippen LogP) is 3.23. The molecule has 2 aromatic carbocycles. The largest absolute Gasteiger partial charge is 0.349 e. The number of aromatic nitrogens is 1. The van der Waals surface area contributed by atoms with Crippen LogP contribution in [0.5, 0.6) is 0 Å². The first-order chi connectivity index (χ1) is 13.5. The summed E-state index contributed by atoms with van der Waals surface area (Å²) < 4.78 is 0. The topological polar surface area (TPSA) is 71.1 Å². The summed E-state index contributed by atoms with van der Waals surface area (Å²) in [5, 5.41) is 7.91. The summed E-state index contributed by atoms with van der Waals surface area (Å²) in [5.74, 6) is -0.393. The molecule has 0 aliphatic rings. The molecule has 1 heterocycles. The third-order valence-corrected chi connectivity index (χ3v) is 4.67. The van der Waals surface area contributed by atoms with E-state index in [0.29, 0.717) is 6.54 Å². The standard InChI is InChI=1S/C23H25N3O2/c1-16(2)22(23(28)25-15-19-11-5-6-13-24-19)26-21(27)14-18-10-7-9-17-8-3-4-12-20(17)18/h3-13,16,22H,14-15H2,1-2H3,(H,25,28)(H,26,27)/t22-/m0/s1. The van der Waals surface area contributed by atoms with Crippen molar-refractivity contribution < 1.29 is 9.59 Å². The maximum absolute atomic E-state index is 12.6. The third-order valence-electron chi connectivity index (χ3n) is 4.67. The Bertz CT molecular complexity index is 949. The molecule has 0 unspecified atom stereocenters. The van der Waals surface area contributed by atoms with E-state index in [1.165, 1.54) is 0 Å². The Morgan fingerprint density at radius 2 is 1.71 bits per heavy atom. The second kappa shape index (κ2) is 9.13. The Balaban J connectivity index is 1.64. The molecule has 28 heavy (non-hydrogen) atoms. The van der Waals surface area contributed by atoms with Crippen molar-refractivity contribution in [3.8, 4) is 0 Å². The fourth-order valence-corrected chi connectivity index (χ4v) is 3.17. The summed E-state index contributed by atoms with van der Waals surface area (Å²) in [6.07, 6.45) is 1.92. The summed E-state index contributed by atoms with van der Waals surface area (Å²) in [6.45, 7) is 4.18. The van der Waals surface area contributed by atoms with Crippen molar-refractivity contribution in [3.05, 3.63) is 78.1 Å². The summed E-state index contributed by atoms with van der Waals surface area (Å²) >= 11 is 0. The molecule has 0 bridgehead atoms. The van der Waals surface area contributed by atoms with Gasteiger partial charge in [0, 0.05) is 6.20 Å². The molecule has 1 atom stereocenters. The first kappa shape index (κ1) is 19.5. The number of carbonyl (C=O) groups is 2. The van der Waals surface area contributed by atoms with Gasteiger partial charge in [0.25, 0.3) is 0 Å². The van der Waals surface area contributed by atoms with E-state index in [1.807, 2.05) is 74.5 Å². The number of rotatable bonds is 7. The van der Waals surface area contributed by atoms with Gasteiger partial charge in [0.1, 0.15) is 6.04 Å². The number of nitrogens with one attached hydrogen (secondary N) is 2. The normalized spacial score (nSPS) is 12.0. The van der Waals surface area contributed by atoms with Crippen LogP contribution >= 0.6 is 0 Å². The molecule has 1 aromatic heterocycles. The fourth-order valence-electron chi connectivity index (χ4n) is 3.17. The van der Waals surface area contributed by atoms with Gasteiger partial charge in [-0.25, -0.2) is 0 Å². The molecule has 0 fully saturated rings. The van der Waals surface area contributed by atoms with Crippen molar-refractivity contribution in [2.45, 2.75) is 32.9 Å². The minimum absolute atomic E-state index is 0.0276. The highest BCUT2D eigenvalue weighted by Gasteiger charge is 2.24. The smallest absolute Gasteiger partial charge is 0.243 e. The van der Waals surface area contributed by atoms with Crippen LogP contribution in [0, 0.1) is 5.92 Å². The number of benzene rings is 2. The van der Waals surface area contributed by atoms with E-state index in [-0.39, 0.29) is 24.2 Å². The van der Waals surface area contributed by atoms with E-state index in [0.717, 1.165) is 22.0 Å². The van der Waals surface area contributed by atoms with E-state index in [2.05, 4.69) is 15.6 Å². The molecular formula is C23H25N3O2. The Hall–Kier alpha value is -3.21. The number of pyridine rings is 1. The van der Waals surface area contributed by atoms with Gasteiger partial charge in [0.15, 0.2) is 0 Å². The molecule has 5 nitrogen and oxygen atoms in total. The lowest BCUT2D eigenvalue weighted by Crippen LogP contribution is -2.50. The van der Waals surface area contributed by atoms with Gasteiger partial charge in [-0.1, -0.05) is 62.4 Å². The molecule has 0 aliphatic carbocycles. The first-order valence-electron chi connectivity index (χ1n) is 9.48. The molecule has 0 saturated carbocycles. The number of fused-ring (bicyclic) bond motifs is 1. The maximum Gasteiger partial charge on any atom is 0.243 e. The number of hydrogen-bond acceptors (Lipinski definition) is 3. The van der Waals surface area contributed by atoms with Crippen LogP contribution in [0.4, 0.5) is 0 Å². The van der Waals surface area contributed by atoms with E-state index in [1.54, 1.807) is 6.20 Å².